The van der Waals surface area contributed by atoms with Crippen LogP contribution in [-0.4, -0.2) is 45.3 Å². The van der Waals surface area contributed by atoms with Crippen LogP contribution in [0.15, 0.2) is 6.20 Å². The molecule has 1 aromatic heterocycles. The maximum atomic E-state index is 12.0. The van der Waals surface area contributed by atoms with Crippen molar-refractivity contribution >= 4 is 5.78 Å². The van der Waals surface area contributed by atoms with Gasteiger partial charge >= 0.3 is 0 Å². The van der Waals surface area contributed by atoms with E-state index in [-0.39, 0.29) is 5.78 Å². The molecular formula is C12H22N4O. The molecule has 17 heavy (non-hydrogen) atoms. The van der Waals surface area contributed by atoms with Gasteiger partial charge in [0.05, 0.1) is 6.20 Å². The van der Waals surface area contributed by atoms with Crippen molar-refractivity contribution in [1.29, 1.82) is 0 Å². The number of aryl methyl sites for hydroxylation is 1. The molecule has 1 rings (SSSR count). The predicted octanol–water partition coefficient (Wildman–Crippen LogP) is 1.60. The Hall–Kier alpha value is -1.23. The van der Waals surface area contributed by atoms with Crippen molar-refractivity contribution in [3.63, 3.8) is 0 Å². The largest absolute Gasteiger partial charge is 0.303 e. The molecule has 0 fully saturated rings. The van der Waals surface area contributed by atoms with Crippen LogP contribution < -0.4 is 0 Å². The van der Waals surface area contributed by atoms with Gasteiger partial charge in [0.1, 0.15) is 5.69 Å². The van der Waals surface area contributed by atoms with Crippen LogP contribution in [-0.2, 0) is 6.54 Å². The number of Topliss-reactive ketones (excluding diaryl/α,β-unsaturated/α-hetero) is 1. The fourth-order valence-corrected chi connectivity index (χ4v) is 1.78. The number of rotatable bonds is 8. The highest BCUT2D eigenvalue weighted by atomic mass is 16.1. The molecule has 0 aliphatic heterocycles. The van der Waals surface area contributed by atoms with Gasteiger partial charge in [-0.1, -0.05) is 26.0 Å². The van der Waals surface area contributed by atoms with Gasteiger partial charge in [0.2, 0.25) is 0 Å². The highest BCUT2D eigenvalue weighted by Crippen LogP contribution is 2.04. The minimum absolute atomic E-state index is 0.135. The molecule has 0 radical (unpaired) electrons. The lowest BCUT2D eigenvalue weighted by Gasteiger charge is -2.17. The SMILES string of the molecule is CCCn1nncc1C(=O)CCN(CC)CC. The van der Waals surface area contributed by atoms with Crippen molar-refractivity contribution in [3.8, 4) is 0 Å². The van der Waals surface area contributed by atoms with Crippen LogP contribution in [0.4, 0.5) is 0 Å². The van der Waals surface area contributed by atoms with E-state index in [0.29, 0.717) is 12.1 Å². The number of carbonyl (C=O) groups is 1. The summed E-state index contributed by atoms with van der Waals surface area (Å²) in [6, 6.07) is 0. The first kappa shape index (κ1) is 13.8. The standard InChI is InChI=1S/C12H22N4O/c1-4-8-16-11(10-13-14-16)12(17)7-9-15(5-2)6-3/h10H,4-9H2,1-3H3. The molecule has 0 saturated heterocycles. The summed E-state index contributed by atoms with van der Waals surface area (Å²) in [5.74, 6) is 0.135. The summed E-state index contributed by atoms with van der Waals surface area (Å²) >= 11 is 0. The third kappa shape index (κ3) is 3.93. The van der Waals surface area contributed by atoms with E-state index in [1.54, 1.807) is 10.9 Å². The quantitative estimate of drug-likeness (QED) is 0.646. The van der Waals surface area contributed by atoms with E-state index in [4.69, 9.17) is 0 Å². The third-order valence-corrected chi connectivity index (χ3v) is 2.89. The predicted molar refractivity (Wildman–Crippen MR) is 67.0 cm³/mol. The summed E-state index contributed by atoms with van der Waals surface area (Å²) in [5.41, 5.74) is 0.638. The van der Waals surface area contributed by atoms with E-state index >= 15 is 0 Å². The molecule has 0 atom stereocenters. The molecule has 1 heterocycles. The smallest absolute Gasteiger partial charge is 0.183 e. The number of nitrogens with zero attached hydrogens (tertiary/aromatic N) is 4. The van der Waals surface area contributed by atoms with E-state index in [9.17, 15) is 4.79 Å². The van der Waals surface area contributed by atoms with Crippen molar-refractivity contribution in [2.75, 3.05) is 19.6 Å². The van der Waals surface area contributed by atoms with Crippen LogP contribution in [0.3, 0.4) is 0 Å². The lowest BCUT2D eigenvalue weighted by molar-refractivity contribution is 0.0956. The average Bonchev–Trinajstić information content (AvgIpc) is 2.79. The van der Waals surface area contributed by atoms with Gasteiger partial charge in [-0.05, 0) is 19.5 Å². The number of hydrogen-bond donors (Lipinski definition) is 0. The molecular weight excluding hydrogens is 216 g/mol. The fraction of sp³-hybridized carbons (Fsp3) is 0.750. The maximum absolute atomic E-state index is 12.0. The first-order chi connectivity index (χ1) is 8.22. The van der Waals surface area contributed by atoms with Crippen molar-refractivity contribution in [2.45, 2.75) is 40.2 Å². The summed E-state index contributed by atoms with van der Waals surface area (Å²) in [6.45, 7) is 9.81. The molecule has 5 heteroatoms. The second-order valence-corrected chi connectivity index (χ2v) is 4.04. The monoisotopic (exact) mass is 238 g/mol. The van der Waals surface area contributed by atoms with Crippen LogP contribution in [0.1, 0.15) is 44.1 Å². The Balaban J connectivity index is 2.54. The molecule has 0 aliphatic carbocycles. The molecule has 96 valence electrons. The number of aromatic nitrogens is 3. The molecule has 0 unspecified atom stereocenters. The molecule has 0 aromatic carbocycles. The van der Waals surface area contributed by atoms with Gasteiger partial charge in [0.25, 0.3) is 0 Å². The number of ketones is 1. The van der Waals surface area contributed by atoms with Crippen LogP contribution in [0, 0.1) is 0 Å². The molecule has 0 amide bonds. The summed E-state index contributed by atoms with van der Waals surface area (Å²) < 4.78 is 1.70. The second kappa shape index (κ2) is 7.17. The molecule has 0 spiro atoms. The molecule has 1 aromatic rings. The lowest BCUT2D eigenvalue weighted by atomic mass is 10.2. The average molecular weight is 238 g/mol. The van der Waals surface area contributed by atoms with Gasteiger partial charge in [0, 0.05) is 19.5 Å². The van der Waals surface area contributed by atoms with E-state index in [1.807, 2.05) is 0 Å². The van der Waals surface area contributed by atoms with E-state index < -0.39 is 0 Å². The molecule has 0 aliphatic rings. The molecule has 0 bridgehead atoms. The van der Waals surface area contributed by atoms with Crippen LogP contribution in [0.2, 0.25) is 0 Å². The number of hydrogen-bond acceptors (Lipinski definition) is 4. The summed E-state index contributed by atoms with van der Waals surface area (Å²) in [4.78, 5) is 14.3. The van der Waals surface area contributed by atoms with Crippen molar-refractivity contribution in [1.82, 2.24) is 19.9 Å². The zero-order valence-electron chi connectivity index (χ0n) is 11.0. The van der Waals surface area contributed by atoms with Crippen LogP contribution >= 0.6 is 0 Å². The Labute approximate surface area is 103 Å². The van der Waals surface area contributed by atoms with Crippen LogP contribution in [0.25, 0.3) is 0 Å². The first-order valence-electron chi connectivity index (χ1n) is 6.36. The normalized spacial score (nSPS) is 11.1. The lowest BCUT2D eigenvalue weighted by Crippen LogP contribution is -2.26. The van der Waals surface area contributed by atoms with E-state index in [1.165, 1.54) is 0 Å². The zero-order valence-corrected chi connectivity index (χ0v) is 11.0. The van der Waals surface area contributed by atoms with Gasteiger partial charge < -0.3 is 4.90 Å². The zero-order chi connectivity index (χ0) is 12.7. The first-order valence-corrected chi connectivity index (χ1v) is 6.36. The Kier molecular flexibility index (Phi) is 5.83. The Bertz CT molecular complexity index is 344. The summed E-state index contributed by atoms with van der Waals surface area (Å²) in [7, 11) is 0. The highest BCUT2D eigenvalue weighted by molar-refractivity contribution is 5.94. The van der Waals surface area contributed by atoms with Gasteiger partial charge in [-0.2, -0.15) is 0 Å². The molecule has 5 nitrogen and oxygen atoms in total. The highest BCUT2D eigenvalue weighted by Gasteiger charge is 2.13. The van der Waals surface area contributed by atoms with Gasteiger partial charge in [0.15, 0.2) is 5.78 Å². The minimum atomic E-state index is 0.135. The van der Waals surface area contributed by atoms with Gasteiger partial charge in [-0.25, -0.2) is 4.68 Å². The molecule has 0 N–H and O–H groups in total. The number of carbonyl (C=O) groups excluding carboxylic acids is 1. The van der Waals surface area contributed by atoms with Crippen molar-refractivity contribution in [2.24, 2.45) is 0 Å². The van der Waals surface area contributed by atoms with Gasteiger partial charge in [-0.3, -0.25) is 4.79 Å². The van der Waals surface area contributed by atoms with Crippen LogP contribution in [0.5, 0.6) is 0 Å². The Morgan fingerprint density at radius 1 is 1.35 bits per heavy atom. The topological polar surface area (TPSA) is 51.0 Å². The van der Waals surface area contributed by atoms with Crippen molar-refractivity contribution < 1.29 is 4.79 Å². The fourth-order valence-electron chi connectivity index (χ4n) is 1.78. The van der Waals surface area contributed by atoms with Crippen molar-refractivity contribution in [3.05, 3.63) is 11.9 Å². The van der Waals surface area contributed by atoms with E-state index in [0.717, 1.165) is 32.6 Å². The second-order valence-electron chi connectivity index (χ2n) is 4.04. The summed E-state index contributed by atoms with van der Waals surface area (Å²) in [5, 5.41) is 7.73. The third-order valence-electron chi connectivity index (χ3n) is 2.89. The summed E-state index contributed by atoms with van der Waals surface area (Å²) in [6.07, 6.45) is 3.07. The Morgan fingerprint density at radius 2 is 2.06 bits per heavy atom. The van der Waals surface area contributed by atoms with Gasteiger partial charge in [-0.15, -0.1) is 5.10 Å². The maximum Gasteiger partial charge on any atom is 0.183 e. The minimum Gasteiger partial charge on any atom is -0.303 e. The van der Waals surface area contributed by atoms with E-state index in [2.05, 4.69) is 36.0 Å². The molecule has 0 saturated carbocycles. The Morgan fingerprint density at radius 3 is 2.65 bits per heavy atom.